The quantitative estimate of drug-likeness (QED) is 0.658. The highest BCUT2D eigenvalue weighted by Gasteiger charge is 2.15. The highest BCUT2D eigenvalue weighted by molar-refractivity contribution is 4.70. The van der Waals surface area contributed by atoms with Crippen LogP contribution < -0.4 is 5.32 Å². The second-order valence-corrected chi connectivity index (χ2v) is 7.44. The smallest absolute Gasteiger partial charge is 0.0506 e. The van der Waals surface area contributed by atoms with Crippen molar-refractivity contribution in [3.8, 4) is 0 Å². The molecule has 0 aromatic rings. The summed E-state index contributed by atoms with van der Waals surface area (Å²) in [6.07, 6.45) is 7.94. The Kier molecular flexibility index (Phi) is 8.74. The minimum absolute atomic E-state index is 0.266. The fourth-order valence-corrected chi connectivity index (χ4v) is 2.81. The average molecular weight is 284 g/mol. The standard InChI is InChI=1S/C17H36N2O/c1-17(2,3)18-11-7-5-6-8-12-19(4)14-16-10-9-13-20-15-16/h16,18H,5-15H2,1-4H3. The molecule has 3 heteroatoms. The van der Waals surface area contributed by atoms with Crippen LogP contribution in [0.5, 0.6) is 0 Å². The zero-order valence-electron chi connectivity index (χ0n) is 14.2. The Bertz CT molecular complexity index is 232. The van der Waals surface area contributed by atoms with Gasteiger partial charge in [-0.15, -0.1) is 0 Å². The van der Waals surface area contributed by atoms with Gasteiger partial charge in [-0.05, 0) is 72.5 Å². The van der Waals surface area contributed by atoms with Gasteiger partial charge in [0.05, 0.1) is 6.61 Å². The molecule has 1 aliphatic heterocycles. The second kappa shape index (κ2) is 9.75. The number of rotatable bonds is 9. The lowest BCUT2D eigenvalue weighted by atomic mass is 10.0. The highest BCUT2D eigenvalue weighted by atomic mass is 16.5. The average Bonchev–Trinajstić information content (AvgIpc) is 2.37. The molecule has 1 N–H and O–H groups in total. The summed E-state index contributed by atoms with van der Waals surface area (Å²) >= 11 is 0. The van der Waals surface area contributed by atoms with Crippen LogP contribution in [0, 0.1) is 5.92 Å². The Morgan fingerprint density at radius 2 is 1.90 bits per heavy atom. The van der Waals surface area contributed by atoms with Crippen LogP contribution in [0.15, 0.2) is 0 Å². The van der Waals surface area contributed by atoms with Crippen LogP contribution in [0.1, 0.15) is 59.3 Å². The van der Waals surface area contributed by atoms with Crippen LogP contribution in [0.25, 0.3) is 0 Å². The molecule has 0 aromatic heterocycles. The molecule has 0 amide bonds. The molecule has 1 fully saturated rings. The van der Waals surface area contributed by atoms with E-state index in [1.54, 1.807) is 0 Å². The number of nitrogens with one attached hydrogen (secondary N) is 1. The van der Waals surface area contributed by atoms with Crippen molar-refractivity contribution < 1.29 is 4.74 Å². The van der Waals surface area contributed by atoms with Gasteiger partial charge in [-0.1, -0.05) is 12.8 Å². The monoisotopic (exact) mass is 284 g/mol. The molecule has 0 aliphatic carbocycles. The third-order valence-electron chi connectivity index (χ3n) is 3.95. The number of hydrogen-bond donors (Lipinski definition) is 1. The zero-order chi connectivity index (χ0) is 14.8. The second-order valence-electron chi connectivity index (χ2n) is 7.44. The summed E-state index contributed by atoms with van der Waals surface area (Å²) in [5.74, 6) is 0.768. The van der Waals surface area contributed by atoms with Crippen LogP contribution in [0.3, 0.4) is 0 Å². The first-order chi connectivity index (χ1) is 9.47. The van der Waals surface area contributed by atoms with Gasteiger partial charge < -0.3 is 15.0 Å². The van der Waals surface area contributed by atoms with Gasteiger partial charge in [0.25, 0.3) is 0 Å². The van der Waals surface area contributed by atoms with Crippen molar-refractivity contribution in [2.24, 2.45) is 5.92 Å². The molecule has 1 atom stereocenters. The van der Waals surface area contributed by atoms with Gasteiger partial charge in [0, 0.05) is 18.7 Å². The molecule has 0 radical (unpaired) electrons. The fourth-order valence-electron chi connectivity index (χ4n) is 2.81. The summed E-state index contributed by atoms with van der Waals surface area (Å²) < 4.78 is 5.55. The fraction of sp³-hybridized carbons (Fsp3) is 1.00. The SMILES string of the molecule is CN(CCCCCCNC(C)(C)C)CC1CCCOC1. The lowest BCUT2D eigenvalue weighted by molar-refractivity contribution is 0.0419. The maximum atomic E-state index is 5.55. The van der Waals surface area contributed by atoms with Crippen LogP contribution in [-0.4, -0.2) is 50.3 Å². The molecule has 1 heterocycles. The lowest BCUT2D eigenvalue weighted by Gasteiger charge is -2.27. The molecule has 0 spiro atoms. The molecule has 0 aromatic carbocycles. The Morgan fingerprint density at radius 1 is 1.15 bits per heavy atom. The number of unbranched alkanes of at least 4 members (excludes halogenated alkanes) is 3. The first-order valence-corrected chi connectivity index (χ1v) is 8.49. The molecule has 20 heavy (non-hydrogen) atoms. The molecule has 1 aliphatic rings. The van der Waals surface area contributed by atoms with Gasteiger partial charge in [0.2, 0.25) is 0 Å². The van der Waals surface area contributed by atoms with E-state index in [1.807, 2.05) is 0 Å². The van der Waals surface area contributed by atoms with Gasteiger partial charge >= 0.3 is 0 Å². The Labute approximate surface area is 126 Å². The molecular weight excluding hydrogens is 248 g/mol. The molecule has 1 saturated heterocycles. The number of nitrogens with zero attached hydrogens (tertiary/aromatic N) is 1. The van der Waals surface area contributed by atoms with E-state index in [1.165, 1.54) is 51.6 Å². The summed E-state index contributed by atoms with van der Waals surface area (Å²) in [4.78, 5) is 2.49. The molecule has 0 saturated carbocycles. The first kappa shape index (κ1) is 17.9. The summed E-state index contributed by atoms with van der Waals surface area (Å²) in [7, 11) is 2.26. The van der Waals surface area contributed by atoms with Crippen molar-refractivity contribution in [3.05, 3.63) is 0 Å². The van der Waals surface area contributed by atoms with E-state index >= 15 is 0 Å². The molecular formula is C17H36N2O. The number of ether oxygens (including phenoxy) is 1. The predicted octanol–water partition coefficient (Wildman–Crippen LogP) is 3.29. The van der Waals surface area contributed by atoms with Crippen molar-refractivity contribution in [2.45, 2.75) is 64.8 Å². The summed E-state index contributed by atoms with van der Waals surface area (Å²) in [6, 6.07) is 0. The van der Waals surface area contributed by atoms with Crippen LogP contribution in [0.2, 0.25) is 0 Å². The van der Waals surface area contributed by atoms with E-state index in [-0.39, 0.29) is 5.54 Å². The van der Waals surface area contributed by atoms with Crippen molar-refractivity contribution in [1.82, 2.24) is 10.2 Å². The van der Waals surface area contributed by atoms with Crippen molar-refractivity contribution in [2.75, 3.05) is 39.9 Å². The van der Waals surface area contributed by atoms with Crippen LogP contribution >= 0.6 is 0 Å². The maximum Gasteiger partial charge on any atom is 0.0506 e. The van der Waals surface area contributed by atoms with Crippen molar-refractivity contribution in [1.29, 1.82) is 0 Å². The van der Waals surface area contributed by atoms with E-state index in [9.17, 15) is 0 Å². The molecule has 0 bridgehead atoms. The molecule has 120 valence electrons. The van der Waals surface area contributed by atoms with E-state index < -0.39 is 0 Å². The predicted molar refractivity (Wildman–Crippen MR) is 87.3 cm³/mol. The van der Waals surface area contributed by atoms with E-state index in [0.717, 1.165) is 25.7 Å². The van der Waals surface area contributed by atoms with E-state index in [4.69, 9.17) is 4.74 Å². The van der Waals surface area contributed by atoms with Gasteiger partial charge in [-0.2, -0.15) is 0 Å². The van der Waals surface area contributed by atoms with Crippen molar-refractivity contribution >= 4 is 0 Å². The van der Waals surface area contributed by atoms with Crippen LogP contribution in [0.4, 0.5) is 0 Å². The lowest BCUT2D eigenvalue weighted by Crippen LogP contribution is -2.36. The molecule has 1 rings (SSSR count). The summed E-state index contributed by atoms with van der Waals surface area (Å²) in [6.45, 7) is 12.3. The van der Waals surface area contributed by atoms with Gasteiger partial charge in [-0.25, -0.2) is 0 Å². The summed E-state index contributed by atoms with van der Waals surface area (Å²) in [5, 5.41) is 3.55. The topological polar surface area (TPSA) is 24.5 Å². The van der Waals surface area contributed by atoms with Gasteiger partial charge in [0.15, 0.2) is 0 Å². The highest BCUT2D eigenvalue weighted by Crippen LogP contribution is 2.14. The Hall–Kier alpha value is -0.120. The summed E-state index contributed by atoms with van der Waals surface area (Å²) in [5.41, 5.74) is 0.266. The third-order valence-corrected chi connectivity index (χ3v) is 3.95. The van der Waals surface area contributed by atoms with Crippen LogP contribution in [-0.2, 0) is 4.74 Å². The van der Waals surface area contributed by atoms with Crippen molar-refractivity contribution in [3.63, 3.8) is 0 Å². The first-order valence-electron chi connectivity index (χ1n) is 8.49. The Morgan fingerprint density at radius 3 is 2.55 bits per heavy atom. The van der Waals surface area contributed by atoms with Gasteiger partial charge in [-0.3, -0.25) is 0 Å². The van der Waals surface area contributed by atoms with E-state index in [2.05, 4.69) is 38.0 Å². The largest absolute Gasteiger partial charge is 0.381 e. The zero-order valence-corrected chi connectivity index (χ0v) is 14.2. The minimum atomic E-state index is 0.266. The maximum absolute atomic E-state index is 5.55. The minimum Gasteiger partial charge on any atom is -0.381 e. The number of hydrogen-bond acceptors (Lipinski definition) is 3. The molecule has 1 unspecified atom stereocenters. The van der Waals surface area contributed by atoms with Gasteiger partial charge in [0.1, 0.15) is 0 Å². The Balaban J connectivity index is 1.90. The molecule has 3 nitrogen and oxygen atoms in total. The normalized spacial score (nSPS) is 20.6. The van der Waals surface area contributed by atoms with E-state index in [0.29, 0.717) is 0 Å². The third kappa shape index (κ3) is 9.73.